The van der Waals surface area contributed by atoms with Gasteiger partial charge in [-0.15, -0.1) is 0 Å². The van der Waals surface area contributed by atoms with Gasteiger partial charge in [0, 0.05) is 18.1 Å². The first kappa shape index (κ1) is 15.1. The summed E-state index contributed by atoms with van der Waals surface area (Å²) in [7, 11) is 0. The van der Waals surface area contributed by atoms with E-state index in [4.69, 9.17) is 4.74 Å². The van der Waals surface area contributed by atoms with Gasteiger partial charge in [0.05, 0.1) is 24.3 Å². The van der Waals surface area contributed by atoms with Crippen LogP contribution in [0.1, 0.15) is 54.3 Å². The lowest BCUT2D eigenvalue weighted by Crippen LogP contribution is -2.13. The second-order valence-corrected chi connectivity index (χ2v) is 4.96. The molecule has 0 fully saturated rings. The maximum absolute atomic E-state index is 11.9. The predicted molar refractivity (Wildman–Crippen MR) is 79.1 cm³/mol. The Labute approximate surface area is 124 Å². The average molecular weight is 285 g/mol. The minimum absolute atomic E-state index is 0.120. The molecule has 0 aliphatic rings. The Bertz CT molecular complexity index is 612. The van der Waals surface area contributed by atoms with Gasteiger partial charge < -0.3 is 4.74 Å². The van der Waals surface area contributed by atoms with E-state index in [1.807, 2.05) is 32.0 Å². The van der Waals surface area contributed by atoms with Crippen LogP contribution in [0.25, 0.3) is 0 Å². The van der Waals surface area contributed by atoms with Crippen LogP contribution in [0.3, 0.4) is 0 Å². The average Bonchev–Trinajstić information content (AvgIpc) is 2.48. The highest BCUT2D eigenvalue weighted by atomic mass is 16.5. The van der Waals surface area contributed by atoms with Gasteiger partial charge in [0.15, 0.2) is 0 Å². The maximum Gasteiger partial charge on any atom is 0.341 e. The van der Waals surface area contributed by atoms with Crippen LogP contribution in [-0.2, 0) is 11.2 Å². The minimum atomic E-state index is -0.370. The van der Waals surface area contributed by atoms with Gasteiger partial charge >= 0.3 is 5.97 Å². The van der Waals surface area contributed by atoms with Crippen molar-refractivity contribution in [3.05, 3.63) is 53.4 Å². The summed E-state index contributed by atoms with van der Waals surface area (Å²) in [5, 5.41) is 0. The molecule has 0 N–H and O–H groups in total. The Balaban J connectivity index is 2.30. The van der Waals surface area contributed by atoms with E-state index in [2.05, 4.69) is 15.0 Å². The van der Waals surface area contributed by atoms with Crippen LogP contribution in [0, 0.1) is 0 Å². The SMILES string of the molecule is CCOC(=O)c1cnc(Cc2ccccn2)nc1C(C)C. The predicted octanol–water partition coefficient (Wildman–Crippen LogP) is 2.76. The Morgan fingerprint density at radius 1 is 1.29 bits per heavy atom. The third-order valence-electron chi connectivity index (χ3n) is 2.98. The third-order valence-corrected chi connectivity index (χ3v) is 2.98. The van der Waals surface area contributed by atoms with Gasteiger partial charge in [-0.3, -0.25) is 4.98 Å². The Kier molecular flexibility index (Phi) is 4.98. The quantitative estimate of drug-likeness (QED) is 0.790. The molecule has 0 aliphatic heterocycles. The fourth-order valence-corrected chi connectivity index (χ4v) is 1.99. The molecule has 0 spiro atoms. The molecule has 0 aliphatic carbocycles. The zero-order chi connectivity index (χ0) is 15.2. The van der Waals surface area contributed by atoms with Crippen LogP contribution < -0.4 is 0 Å². The van der Waals surface area contributed by atoms with E-state index in [-0.39, 0.29) is 11.9 Å². The largest absolute Gasteiger partial charge is 0.462 e. The number of carbonyl (C=O) groups is 1. The third kappa shape index (κ3) is 3.84. The molecule has 5 nitrogen and oxygen atoms in total. The van der Waals surface area contributed by atoms with Crippen LogP contribution in [-0.4, -0.2) is 27.5 Å². The molecule has 110 valence electrons. The number of nitrogens with zero attached hydrogens (tertiary/aromatic N) is 3. The lowest BCUT2D eigenvalue weighted by molar-refractivity contribution is 0.0523. The number of carbonyl (C=O) groups excluding carboxylic acids is 1. The van der Waals surface area contributed by atoms with E-state index in [0.29, 0.717) is 24.4 Å². The Morgan fingerprint density at radius 3 is 2.71 bits per heavy atom. The molecule has 0 saturated carbocycles. The number of ether oxygens (including phenoxy) is 1. The maximum atomic E-state index is 11.9. The van der Waals surface area contributed by atoms with Crippen molar-refractivity contribution in [3.63, 3.8) is 0 Å². The molecule has 0 unspecified atom stereocenters. The molecular formula is C16H19N3O2. The van der Waals surface area contributed by atoms with Gasteiger partial charge in [0.1, 0.15) is 5.82 Å². The van der Waals surface area contributed by atoms with E-state index in [1.54, 1.807) is 19.3 Å². The van der Waals surface area contributed by atoms with Gasteiger partial charge in [0.2, 0.25) is 0 Å². The van der Waals surface area contributed by atoms with E-state index >= 15 is 0 Å². The molecule has 21 heavy (non-hydrogen) atoms. The number of hydrogen-bond donors (Lipinski definition) is 0. The normalized spacial score (nSPS) is 10.7. The molecule has 0 atom stereocenters. The fraction of sp³-hybridized carbons (Fsp3) is 0.375. The zero-order valence-corrected chi connectivity index (χ0v) is 12.5. The van der Waals surface area contributed by atoms with Crippen LogP contribution in [0.4, 0.5) is 0 Å². The molecule has 2 rings (SSSR count). The van der Waals surface area contributed by atoms with Crippen molar-refractivity contribution in [1.82, 2.24) is 15.0 Å². The van der Waals surface area contributed by atoms with Gasteiger partial charge in [-0.05, 0) is 25.0 Å². The van der Waals surface area contributed by atoms with Crippen molar-refractivity contribution in [3.8, 4) is 0 Å². The number of hydrogen-bond acceptors (Lipinski definition) is 5. The topological polar surface area (TPSA) is 65.0 Å². The molecule has 0 aromatic carbocycles. The van der Waals surface area contributed by atoms with Crippen molar-refractivity contribution in [2.24, 2.45) is 0 Å². The van der Waals surface area contributed by atoms with Gasteiger partial charge in [-0.2, -0.15) is 0 Å². The van der Waals surface area contributed by atoms with Crippen LogP contribution in [0.2, 0.25) is 0 Å². The number of aromatic nitrogens is 3. The van der Waals surface area contributed by atoms with E-state index in [1.165, 1.54) is 0 Å². The lowest BCUT2D eigenvalue weighted by atomic mass is 10.0. The molecule has 0 saturated heterocycles. The van der Waals surface area contributed by atoms with E-state index < -0.39 is 0 Å². The monoisotopic (exact) mass is 285 g/mol. The van der Waals surface area contributed by atoms with Crippen LogP contribution in [0.5, 0.6) is 0 Å². The molecule has 0 amide bonds. The number of pyridine rings is 1. The second-order valence-electron chi connectivity index (χ2n) is 4.96. The smallest absolute Gasteiger partial charge is 0.341 e. The van der Waals surface area contributed by atoms with E-state index in [9.17, 15) is 4.79 Å². The van der Waals surface area contributed by atoms with Crippen molar-refractivity contribution < 1.29 is 9.53 Å². The summed E-state index contributed by atoms with van der Waals surface area (Å²) in [6, 6.07) is 5.73. The molecule has 2 aromatic heterocycles. The summed E-state index contributed by atoms with van der Waals surface area (Å²) < 4.78 is 5.05. The van der Waals surface area contributed by atoms with E-state index in [0.717, 1.165) is 11.4 Å². The summed E-state index contributed by atoms with van der Waals surface area (Å²) in [4.78, 5) is 25.0. The standard InChI is InChI=1S/C16H19N3O2/c1-4-21-16(20)13-10-18-14(19-15(13)11(2)3)9-12-7-5-6-8-17-12/h5-8,10-11H,4,9H2,1-3H3. The molecule has 5 heteroatoms. The molecule has 2 aromatic rings. The Hall–Kier alpha value is -2.30. The van der Waals surface area contributed by atoms with Crippen LogP contribution >= 0.6 is 0 Å². The molecular weight excluding hydrogens is 266 g/mol. The molecule has 2 heterocycles. The summed E-state index contributed by atoms with van der Waals surface area (Å²) in [5.41, 5.74) is 2.06. The first-order valence-corrected chi connectivity index (χ1v) is 7.04. The van der Waals surface area contributed by atoms with Gasteiger partial charge in [-0.1, -0.05) is 19.9 Å². The summed E-state index contributed by atoms with van der Waals surface area (Å²) in [5.74, 6) is 0.408. The highest BCUT2D eigenvalue weighted by Gasteiger charge is 2.18. The summed E-state index contributed by atoms with van der Waals surface area (Å²) in [6.45, 7) is 6.11. The van der Waals surface area contributed by atoms with Crippen molar-refractivity contribution in [2.45, 2.75) is 33.1 Å². The fourth-order valence-electron chi connectivity index (χ4n) is 1.99. The van der Waals surface area contributed by atoms with Crippen molar-refractivity contribution in [1.29, 1.82) is 0 Å². The summed E-state index contributed by atoms with van der Waals surface area (Å²) in [6.07, 6.45) is 3.84. The molecule has 0 bridgehead atoms. The summed E-state index contributed by atoms with van der Waals surface area (Å²) >= 11 is 0. The van der Waals surface area contributed by atoms with Gasteiger partial charge in [-0.25, -0.2) is 14.8 Å². The lowest BCUT2D eigenvalue weighted by Gasteiger charge is -2.12. The highest BCUT2D eigenvalue weighted by molar-refractivity contribution is 5.90. The highest BCUT2D eigenvalue weighted by Crippen LogP contribution is 2.18. The number of esters is 1. The first-order chi connectivity index (χ1) is 10.1. The Morgan fingerprint density at radius 2 is 2.10 bits per heavy atom. The number of rotatable bonds is 5. The molecule has 0 radical (unpaired) electrons. The van der Waals surface area contributed by atoms with Crippen molar-refractivity contribution >= 4 is 5.97 Å². The van der Waals surface area contributed by atoms with Crippen LogP contribution in [0.15, 0.2) is 30.6 Å². The van der Waals surface area contributed by atoms with Gasteiger partial charge in [0.25, 0.3) is 0 Å². The zero-order valence-electron chi connectivity index (χ0n) is 12.5. The first-order valence-electron chi connectivity index (χ1n) is 7.04. The van der Waals surface area contributed by atoms with Crippen molar-refractivity contribution in [2.75, 3.05) is 6.61 Å². The second kappa shape index (κ2) is 6.92. The minimum Gasteiger partial charge on any atom is -0.462 e.